The predicted octanol–water partition coefficient (Wildman–Crippen LogP) is 4.46. The number of epoxide rings is 1. The second kappa shape index (κ2) is 8.92. The molecule has 1 atom stereocenters. The molecule has 0 saturated carbocycles. The minimum Gasteiger partial charge on any atom is -0.486 e. The van der Waals surface area contributed by atoms with E-state index in [-0.39, 0.29) is 18.8 Å². The van der Waals surface area contributed by atoms with Crippen LogP contribution in [0, 0.1) is 0 Å². The Morgan fingerprint density at radius 2 is 1.77 bits per heavy atom. The van der Waals surface area contributed by atoms with Gasteiger partial charge in [0.25, 0.3) is 0 Å². The zero-order valence-electron chi connectivity index (χ0n) is 15.3. The Balaban J connectivity index is 1.92. The van der Waals surface area contributed by atoms with Gasteiger partial charge < -0.3 is 14.9 Å². The quantitative estimate of drug-likeness (QED) is 0.161. The Kier molecular flexibility index (Phi) is 6.52. The molecule has 5 nitrogen and oxygen atoms in total. The van der Waals surface area contributed by atoms with Crippen molar-refractivity contribution in [3.8, 4) is 5.75 Å². The fourth-order valence-electron chi connectivity index (χ4n) is 2.47. The third-order valence-electron chi connectivity index (χ3n) is 4.03. The molecular formula is C19H17F6N3O2. The Morgan fingerprint density at radius 3 is 2.37 bits per heavy atom. The molecule has 2 aromatic rings. The SMILES string of the molecule is FC(F)(F)c1cc(N=CNNC[C@H]2CO2)c(OCc2ccccc2)c(C(F)(F)F)c1. The second-order valence-electron chi connectivity index (χ2n) is 6.38. The fourth-order valence-corrected chi connectivity index (χ4v) is 2.47. The zero-order valence-corrected chi connectivity index (χ0v) is 15.3. The van der Waals surface area contributed by atoms with Crippen LogP contribution in [-0.4, -0.2) is 25.6 Å². The summed E-state index contributed by atoms with van der Waals surface area (Å²) in [6, 6.07) is 8.80. The van der Waals surface area contributed by atoms with Crippen molar-refractivity contribution >= 4 is 12.0 Å². The summed E-state index contributed by atoms with van der Waals surface area (Å²) in [7, 11) is 0. The molecule has 0 unspecified atom stereocenters. The largest absolute Gasteiger partial charge is 0.486 e. The number of aliphatic imine (C=N–C) groups is 1. The van der Waals surface area contributed by atoms with Crippen molar-refractivity contribution in [3.05, 3.63) is 59.2 Å². The zero-order chi connectivity index (χ0) is 21.8. The molecule has 0 amide bonds. The molecule has 162 valence electrons. The Labute approximate surface area is 167 Å². The normalized spacial score (nSPS) is 16.7. The number of alkyl halides is 6. The first-order chi connectivity index (χ1) is 14.1. The maximum absolute atomic E-state index is 13.5. The van der Waals surface area contributed by atoms with Crippen molar-refractivity contribution in [2.24, 2.45) is 4.99 Å². The number of hydrazine groups is 1. The van der Waals surface area contributed by atoms with Crippen LogP contribution in [0.4, 0.5) is 32.0 Å². The van der Waals surface area contributed by atoms with E-state index in [0.717, 1.165) is 6.34 Å². The van der Waals surface area contributed by atoms with Gasteiger partial charge in [0.05, 0.1) is 18.3 Å². The van der Waals surface area contributed by atoms with Gasteiger partial charge in [-0.2, -0.15) is 26.3 Å². The van der Waals surface area contributed by atoms with E-state index in [1.807, 2.05) is 0 Å². The van der Waals surface area contributed by atoms with Crippen LogP contribution >= 0.6 is 0 Å². The molecule has 1 fully saturated rings. The highest BCUT2D eigenvalue weighted by atomic mass is 19.4. The van der Waals surface area contributed by atoms with Crippen LogP contribution in [-0.2, 0) is 23.7 Å². The summed E-state index contributed by atoms with van der Waals surface area (Å²) in [5.41, 5.74) is 2.06. The smallest absolute Gasteiger partial charge is 0.420 e. The molecule has 0 bridgehead atoms. The van der Waals surface area contributed by atoms with Gasteiger partial charge in [0.15, 0.2) is 5.75 Å². The molecule has 1 saturated heterocycles. The highest BCUT2D eigenvalue weighted by molar-refractivity contribution is 5.67. The molecule has 30 heavy (non-hydrogen) atoms. The molecule has 3 rings (SSSR count). The highest BCUT2D eigenvalue weighted by Gasteiger charge is 2.40. The maximum atomic E-state index is 13.5. The van der Waals surface area contributed by atoms with Gasteiger partial charge in [-0.1, -0.05) is 30.3 Å². The summed E-state index contributed by atoms with van der Waals surface area (Å²) in [6.07, 6.45) is -9.10. The standard InChI is InChI=1S/C19H17F6N3O2/c20-18(21,22)13-6-15(19(23,24)25)17(30-9-12-4-2-1-3-5-12)16(7-13)26-11-28-27-8-14-10-29-14/h1-7,11,14,27H,8-10H2,(H,26,28)/t14-/m0/s1. The molecular weight excluding hydrogens is 416 g/mol. The second-order valence-corrected chi connectivity index (χ2v) is 6.38. The number of ether oxygens (including phenoxy) is 2. The molecule has 0 spiro atoms. The average molecular weight is 433 g/mol. The summed E-state index contributed by atoms with van der Waals surface area (Å²) in [5, 5.41) is 0. The molecule has 11 heteroatoms. The van der Waals surface area contributed by atoms with E-state index in [0.29, 0.717) is 24.8 Å². The first kappa shape index (κ1) is 21.9. The minimum atomic E-state index is -5.08. The number of hydrogen-bond donors (Lipinski definition) is 2. The predicted molar refractivity (Wildman–Crippen MR) is 96.3 cm³/mol. The van der Waals surface area contributed by atoms with Gasteiger partial charge in [0, 0.05) is 6.54 Å². The summed E-state index contributed by atoms with van der Waals surface area (Å²) in [4.78, 5) is 3.72. The molecule has 2 aromatic carbocycles. The molecule has 0 aromatic heterocycles. The van der Waals surface area contributed by atoms with Gasteiger partial charge in [0.2, 0.25) is 0 Å². The van der Waals surface area contributed by atoms with Crippen LogP contribution in [0.15, 0.2) is 47.5 Å². The van der Waals surface area contributed by atoms with Crippen molar-refractivity contribution in [2.75, 3.05) is 13.2 Å². The van der Waals surface area contributed by atoms with Crippen LogP contribution in [0.3, 0.4) is 0 Å². The van der Waals surface area contributed by atoms with Gasteiger partial charge >= 0.3 is 12.4 Å². The van der Waals surface area contributed by atoms with Crippen molar-refractivity contribution in [3.63, 3.8) is 0 Å². The number of benzene rings is 2. The van der Waals surface area contributed by atoms with Gasteiger partial charge in [-0.15, -0.1) is 0 Å². The summed E-state index contributed by atoms with van der Waals surface area (Å²) in [5.74, 6) is -0.789. The molecule has 1 aliphatic rings. The lowest BCUT2D eigenvalue weighted by molar-refractivity contribution is -0.143. The van der Waals surface area contributed by atoms with E-state index in [4.69, 9.17) is 9.47 Å². The minimum absolute atomic E-state index is 0.0149. The third kappa shape index (κ3) is 6.10. The lowest BCUT2D eigenvalue weighted by Gasteiger charge is -2.19. The molecule has 1 heterocycles. The number of halogens is 6. The fraction of sp³-hybridized carbons (Fsp3) is 0.316. The summed E-state index contributed by atoms with van der Waals surface area (Å²) >= 11 is 0. The van der Waals surface area contributed by atoms with E-state index in [9.17, 15) is 26.3 Å². The lowest BCUT2D eigenvalue weighted by atomic mass is 10.1. The van der Waals surface area contributed by atoms with Crippen LogP contribution in [0.1, 0.15) is 16.7 Å². The van der Waals surface area contributed by atoms with Gasteiger partial charge in [-0.3, -0.25) is 0 Å². The molecule has 0 radical (unpaired) electrons. The number of nitrogens with one attached hydrogen (secondary N) is 2. The van der Waals surface area contributed by atoms with E-state index < -0.39 is 34.9 Å². The van der Waals surface area contributed by atoms with Crippen LogP contribution < -0.4 is 15.6 Å². The van der Waals surface area contributed by atoms with Crippen LogP contribution in [0.25, 0.3) is 0 Å². The van der Waals surface area contributed by atoms with E-state index in [1.165, 1.54) is 0 Å². The van der Waals surface area contributed by atoms with Crippen molar-refractivity contribution in [1.82, 2.24) is 10.9 Å². The maximum Gasteiger partial charge on any atom is 0.420 e. The van der Waals surface area contributed by atoms with E-state index in [1.54, 1.807) is 30.3 Å². The molecule has 0 aliphatic carbocycles. The first-order valence-corrected chi connectivity index (χ1v) is 8.76. The summed E-state index contributed by atoms with van der Waals surface area (Å²) in [6.45, 7) is 0.703. The Hall–Kier alpha value is -2.79. The number of hydrogen-bond acceptors (Lipinski definition) is 4. The topological polar surface area (TPSA) is 58.2 Å². The first-order valence-electron chi connectivity index (χ1n) is 8.76. The molecule has 1 aliphatic heterocycles. The van der Waals surface area contributed by atoms with Crippen LogP contribution in [0.5, 0.6) is 5.75 Å². The van der Waals surface area contributed by atoms with Crippen molar-refractivity contribution < 1.29 is 35.8 Å². The monoisotopic (exact) mass is 433 g/mol. The van der Waals surface area contributed by atoms with Gasteiger partial charge in [-0.25, -0.2) is 10.4 Å². The van der Waals surface area contributed by atoms with Crippen LogP contribution in [0.2, 0.25) is 0 Å². The highest BCUT2D eigenvalue weighted by Crippen LogP contribution is 2.45. The van der Waals surface area contributed by atoms with Crippen molar-refractivity contribution in [1.29, 1.82) is 0 Å². The summed E-state index contributed by atoms with van der Waals surface area (Å²) < 4.78 is 90.3. The van der Waals surface area contributed by atoms with Gasteiger partial charge in [-0.05, 0) is 17.7 Å². The Bertz CT molecular complexity index is 880. The van der Waals surface area contributed by atoms with Crippen molar-refractivity contribution in [2.45, 2.75) is 25.1 Å². The number of rotatable bonds is 8. The lowest BCUT2D eigenvalue weighted by Crippen LogP contribution is -2.33. The molecule has 2 N–H and O–H groups in total. The number of nitrogens with zero attached hydrogens (tertiary/aromatic N) is 1. The van der Waals surface area contributed by atoms with E-state index >= 15 is 0 Å². The van der Waals surface area contributed by atoms with Gasteiger partial charge in [0.1, 0.15) is 24.2 Å². The third-order valence-corrected chi connectivity index (χ3v) is 4.03. The van der Waals surface area contributed by atoms with E-state index in [2.05, 4.69) is 15.8 Å². The Morgan fingerprint density at radius 1 is 1.07 bits per heavy atom. The average Bonchev–Trinajstić information content (AvgIpc) is 3.49.